The minimum atomic E-state index is 0.656. The highest BCUT2D eigenvalue weighted by molar-refractivity contribution is 7.99. The number of rotatable bonds is 7. The summed E-state index contributed by atoms with van der Waals surface area (Å²) in [5.74, 6) is 2.86. The van der Waals surface area contributed by atoms with Crippen molar-refractivity contribution in [3.8, 4) is 0 Å². The summed E-state index contributed by atoms with van der Waals surface area (Å²) < 4.78 is 0. The first-order valence-corrected chi connectivity index (χ1v) is 9.55. The highest BCUT2D eigenvalue weighted by atomic mass is 32.2. The monoisotopic (exact) mass is 323 g/mol. The van der Waals surface area contributed by atoms with Crippen molar-refractivity contribution in [2.45, 2.75) is 58.5 Å². The predicted octanol–water partition coefficient (Wildman–Crippen LogP) is 5.16. The molecule has 0 aromatic carbocycles. The molecule has 2 rings (SSSR count). The van der Waals surface area contributed by atoms with E-state index in [2.05, 4.69) is 39.9 Å². The molecule has 3 nitrogen and oxygen atoms in total. The number of aromatic nitrogens is 2. The first-order chi connectivity index (χ1) is 10.1. The van der Waals surface area contributed by atoms with Crippen molar-refractivity contribution in [1.82, 2.24) is 9.97 Å². The molecular formula is C16H25N3S2. The van der Waals surface area contributed by atoms with E-state index in [4.69, 9.17) is 9.97 Å². The lowest BCUT2D eigenvalue weighted by atomic mass is 10.2. The fourth-order valence-electron chi connectivity index (χ4n) is 2.06. The summed E-state index contributed by atoms with van der Waals surface area (Å²) in [5.41, 5.74) is 1.31. The fourth-order valence-corrected chi connectivity index (χ4v) is 3.91. The summed E-state index contributed by atoms with van der Waals surface area (Å²) in [6, 6.07) is 0. The molecule has 21 heavy (non-hydrogen) atoms. The van der Waals surface area contributed by atoms with E-state index in [0.29, 0.717) is 5.25 Å². The van der Waals surface area contributed by atoms with Gasteiger partial charge in [0, 0.05) is 16.7 Å². The lowest BCUT2D eigenvalue weighted by molar-refractivity contribution is 0.901. The molecule has 2 aromatic rings. The normalized spacial score (nSPS) is 12.8. The zero-order valence-corrected chi connectivity index (χ0v) is 15.2. The Morgan fingerprint density at radius 2 is 2.00 bits per heavy atom. The molecule has 0 aliphatic heterocycles. The van der Waals surface area contributed by atoms with E-state index < -0.39 is 0 Å². The van der Waals surface area contributed by atoms with Crippen LogP contribution in [0.25, 0.3) is 10.2 Å². The number of thioether (sulfide) groups is 1. The number of fused-ring (bicyclic) bond motifs is 1. The highest BCUT2D eigenvalue weighted by Gasteiger charge is 2.14. The standard InChI is InChI=1S/C16H25N3S2/c1-6-8-17-15-14-11(4)12(5)21-16(14)19-13(18-15)9-20-10(3)7-2/h10H,6-9H2,1-5H3,(H,17,18,19). The van der Waals surface area contributed by atoms with E-state index in [0.717, 1.165) is 35.2 Å². The molecule has 0 amide bonds. The molecule has 5 heteroatoms. The number of hydrogen-bond donors (Lipinski definition) is 1. The molecular weight excluding hydrogens is 298 g/mol. The van der Waals surface area contributed by atoms with E-state index >= 15 is 0 Å². The van der Waals surface area contributed by atoms with Crippen LogP contribution in [0.4, 0.5) is 5.82 Å². The molecule has 0 radical (unpaired) electrons. The summed E-state index contributed by atoms with van der Waals surface area (Å²) in [5, 5.41) is 5.35. The maximum absolute atomic E-state index is 4.78. The largest absolute Gasteiger partial charge is 0.369 e. The van der Waals surface area contributed by atoms with Gasteiger partial charge in [-0.2, -0.15) is 11.8 Å². The van der Waals surface area contributed by atoms with Crippen LogP contribution in [0.15, 0.2) is 0 Å². The van der Waals surface area contributed by atoms with Crippen molar-refractivity contribution in [1.29, 1.82) is 0 Å². The second kappa shape index (κ2) is 7.45. The molecule has 2 heterocycles. The Balaban J connectivity index is 2.35. The summed E-state index contributed by atoms with van der Waals surface area (Å²) in [7, 11) is 0. The summed E-state index contributed by atoms with van der Waals surface area (Å²) in [6.07, 6.45) is 2.29. The first kappa shape index (κ1) is 16.6. The molecule has 2 aromatic heterocycles. The number of nitrogens with one attached hydrogen (secondary N) is 1. The van der Waals surface area contributed by atoms with Gasteiger partial charge >= 0.3 is 0 Å². The van der Waals surface area contributed by atoms with Crippen molar-refractivity contribution < 1.29 is 0 Å². The average Bonchev–Trinajstić information content (AvgIpc) is 2.77. The highest BCUT2D eigenvalue weighted by Crippen LogP contribution is 2.34. The van der Waals surface area contributed by atoms with Gasteiger partial charge in [0.25, 0.3) is 0 Å². The lowest BCUT2D eigenvalue weighted by Gasteiger charge is -2.10. The summed E-state index contributed by atoms with van der Waals surface area (Å²) >= 11 is 3.71. The van der Waals surface area contributed by atoms with Gasteiger partial charge in [0.1, 0.15) is 16.5 Å². The third kappa shape index (κ3) is 3.89. The van der Waals surface area contributed by atoms with Gasteiger partial charge in [-0.05, 0) is 32.3 Å². The Hall–Kier alpha value is -0.810. The topological polar surface area (TPSA) is 37.8 Å². The smallest absolute Gasteiger partial charge is 0.142 e. The molecule has 0 saturated carbocycles. The SMILES string of the molecule is CCCNc1nc(CSC(C)CC)nc2sc(C)c(C)c12. The lowest BCUT2D eigenvalue weighted by Crippen LogP contribution is -2.06. The zero-order valence-electron chi connectivity index (χ0n) is 13.6. The minimum absolute atomic E-state index is 0.656. The summed E-state index contributed by atoms with van der Waals surface area (Å²) in [4.78, 5) is 12.0. The van der Waals surface area contributed by atoms with Crippen molar-refractivity contribution in [2.75, 3.05) is 11.9 Å². The second-order valence-corrected chi connectivity index (χ2v) is 8.04. The second-order valence-electron chi connectivity index (χ2n) is 5.41. The van der Waals surface area contributed by atoms with Crippen LogP contribution in [0.5, 0.6) is 0 Å². The van der Waals surface area contributed by atoms with E-state index in [1.165, 1.54) is 22.2 Å². The van der Waals surface area contributed by atoms with Gasteiger partial charge in [-0.3, -0.25) is 0 Å². The quantitative estimate of drug-likeness (QED) is 0.763. The van der Waals surface area contributed by atoms with Crippen molar-refractivity contribution in [3.63, 3.8) is 0 Å². The molecule has 0 bridgehead atoms. The molecule has 116 valence electrons. The molecule has 1 N–H and O–H groups in total. The minimum Gasteiger partial charge on any atom is -0.369 e. The molecule has 0 aliphatic carbocycles. The molecule has 0 spiro atoms. The molecule has 0 fully saturated rings. The van der Waals surface area contributed by atoms with Crippen LogP contribution in [-0.2, 0) is 5.75 Å². The van der Waals surface area contributed by atoms with Gasteiger partial charge in [0.15, 0.2) is 0 Å². The Bertz CT molecular complexity index is 607. The summed E-state index contributed by atoms with van der Waals surface area (Å²) in [6.45, 7) is 12.0. The Morgan fingerprint density at radius 3 is 2.67 bits per heavy atom. The van der Waals surface area contributed by atoms with Gasteiger partial charge in [0.2, 0.25) is 0 Å². The molecule has 0 aliphatic rings. The van der Waals surface area contributed by atoms with Gasteiger partial charge in [0.05, 0.1) is 11.1 Å². The van der Waals surface area contributed by atoms with Crippen LogP contribution in [0.1, 0.15) is 49.9 Å². The number of aryl methyl sites for hydroxylation is 2. The number of hydrogen-bond acceptors (Lipinski definition) is 5. The Labute approximate surface area is 136 Å². The van der Waals surface area contributed by atoms with Gasteiger partial charge < -0.3 is 5.32 Å². The van der Waals surface area contributed by atoms with Crippen LogP contribution in [0.3, 0.4) is 0 Å². The van der Waals surface area contributed by atoms with Gasteiger partial charge in [-0.15, -0.1) is 11.3 Å². The number of anilines is 1. The van der Waals surface area contributed by atoms with Crippen LogP contribution < -0.4 is 5.32 Å². The van der Waals surface area contributed by atoms with E-state index in [1.54, 1.807) is 11.3 Å². The third-order valence-electron chi connectivity index (χ3n) is 3.69. The predicted molar refractivity (Wildman–Crippen MR) is 96.7 cm³/mol. The first-order valence-electron chi connectivity index (χ1n) is 7.68. The van der Waals surface area contributed by atoms with Crippen molar-refractivity contribution in [2.24, 2.45) is 0 Å². The van der Waals surface area contributed by atoms with Crippen LogP contribution in [-0.4, -0.2) is 21.8 Å². The number of thiophene rings is 1. The molecule has 1 unspecified atom stereocenters. The van der Waals surface area contributed by atoms with Crippen LogP contribution in [0, 0.1) is 13.8 Å². The molecule has 1 atom stereocenters. The van der Waals surface area contributed by atoms with Gasteiger partial charge in [-0.1, -0.05) is 20.8 Å². The Morgan fingerprint density at radius 1 is 1.24 bits per heavy atom. The van der Waals surface area contributed by atoms with Crippen LogP contribution >= 0.6 is 23.1 Å². The fraction of sp³-hybridized carbons (Fsp3) is 0.625. The van der Waals surface area contributed by atoms with E-state index in [9.17, 15) is 0 Å². The van der Waals surface area contributed by atoms with Crippen molar-refractivity contribution in [3.05, 3.63) is 16.3 Å². The molecule has 0 saturated heterocycles. The average molecular weight is 324 g/mol. The van der Waals surface area contributed by atoms with E-state index in [1.807, 2.05) is 11.8 Å². The maximum Gasteiger partial charge on any atom is 0.142 e. The van der Waals surface area contributed by atoms with E-state index in [-0.39, 0.29) is 0 Å². The van der Waals surface area contributed by atoms with Crippen molar-refractivity contribution >= 4 is 39.1 Å². The van der Waals surface area contributed by atoms with Gasteiger partial charge in [-0.25, -0.2) is 9.97 Å². The van der Waals surface area contributed by atoms with Crippen LogP contribution in [0.2, 0.25) is 0 Å². The Kier molecular flexibility index (Phi) is 5.88. The maximum atomic E-state index is 4.78. The number of nitrogens with zero attached hydrogens (tertiary/aromatic N) is 2. The zero-order chi connectivity index (χ0) is 15.4. The third-order valence-corrected chi connectivity index (χ3v) is 6.12.